The van der Waals surface area contributed by atoms with Crippen LogP contribution in [0, 0.1) is 6.92 Å². The Balaban J connectivity index is 1.72. The molecular formula is C17H16ClNO4S. The summed E-state index contributed by atoms with van der Waals surface area (Å²) in [6.45, 7) is 1.45. The largest absolute Gasteiger partial charge is 0.456 e. The lowest BCUT2D eigenvalue weighted by Crippen LogP contribution is -2.21. The van der Waals surface area contributed by atoms with Crippen molar-refractivity contribution in [2.45, 2.75) is 19.8 Å². The first kappa shape index (κ1) is 18.2. The highest BCUT2D eigenvalue weighted by Gasteiger charge is 2.12. The average molecular weight is 366 g/mol. The van der Waals surface area contributed by atoms with Gasteiger partial charge >= 0.3 is 5.97 Å². The van der Waals surface area contributed by atoms with E-state index >= 15 is 0 Å². The zero-order chi connectivity index (χ0) is 17.5. The number of esters is 1. The third-order valence-electron chi connectivity index (χ3n) is 3.17. The maximum atomic E-state index is 11.8. The topological polar surface area (TPSA) is 72.5 Å². The van der Waals surface area contributed by atoms with Gasteiger partial charge in [0.15, 0.2) is 12.4 Å². The van der Waals surface area contributed by atoms with Crippen LogP contribution < -0.4 is 5.32 Å². The molecule has 0 saturated carbocycles. The summed E-state index contributed by atoms with van der Waals surface area (Å²) in [5, 5.41) is 4.92. The Kier molecular flexibility index (Phi) is 6.52. The lowest BCUT2D eigenvalue weighted by molar-refractivity contribution is -0.147. The summed E-state index contributed by atoms with van der Waals surface area (Å²) in [5.74, 6) is -1.16. The number of ketones is 1. The van der Waals surface area contributed by atoms with Gasteiger partial charge in [-0.2, -0.15) is 0 Å². The number of aryl methyl sites for hydroxylation is 1. The number of hydrogen-bond acceptors (Lipinski definition) is 5. The van der Waals surface area contributed by atoms with Gasteiger partial charge in [0, 0.05) is 17.1 Å². The van der Waals surface area contributed by atoms with Crippen molar-refractivity contribution in [3.05, 3.63) is 51.2 Å². The summed E-state index contributed by atoms with van der Waals surface area (Å²) in [7, 11) is 0. The standard InChI is InChI=1S/C17H16ClNO4S/c1-11-4-5-12(9-13(11)18)19-16(21)10-23-17(22)7-6-14(20)15-3-2-8-24-15/h2-5,8-9H,6-7,10H2,1H3,(H,19,21). The molecule has 1 aromatic carbocycles. The molecule has 5 nitrogen and oxygen atoms in total. The second kappa shape index (κ2) is 8.61. The molecule has 2 rings (SSSR count). The van der Waals surface area contributed by atoms with E-state index in [9.17, 15) is 14.4 Å². The summed E-state index contributed by atoms with van der Waals surface area (Å²) in [5.41, 5.74) is 1.43. The van der Waals surface area contributed by atoms with E-state index < -0.39 is 18.5 Å². The van der Waals surface area contributed by atoms with Gasteiger partial charge in [0.05, 0.1) is 11.3 Å². The van der Waals surface area contributed by atoms with Gasteiger partial charge < -0.3 is 10.1 Å². The van der Waals surface area contributed by atoms with Crippen molar-refractivity contribution >= 4 is 46.3 Å². The van der Waals surface area contributed by atoms with Gasteiger partial charge in [0.25, 0.3) is 5.91 Å². The first-order valence-corrected chi connectivity index (χ1v) is 8.50. The summed E-state index contributed by atoms with van der Waals surface area (Å²) in [4.78, 5) is 35.7. The smallest absolute Gasteiger partial charge is 0.306 e. The van der Waals surface area contributed by atoms with Crippen LogP contribution in [-0.2, 0) is 14.3 Å². The molecule has 0 saturated heterocycles. The third-order valence-corrected chi connectivity index (χ3v) is 4.49. The van der Waals surface area contributed by atoms with Crippen molar-refractivity contribution in [1.82, 2.24) is 0 Å². The molecule has 0 fully saturated rings. The summed E-state index contributed by atoms with van der Waals surface area (Å²) >= 11 is 7.30. The Morgan fingerprint density at radius 3 is 2.67 bits per heavy atom. The fourth-order valence-corrected chi connectivity index (χ4v) is 2.74. The van der Waals surface area contributed by atoms with Gasteiger partial charge in [-0.3, -0.25) is 14.4 Å². The molecule has 1 N–H and O–H groups in total. The number of halogens is 1. The van der Waals surface area contributed by atoms with Crippen LogP contribution in [0.5, 0.6) is 0 Å². The Labute approximate surface area is 148 Å². The highest BCUT2D eigenvalue weighted by molar-refractivity contribution is 7.12. The molecule has 0 aliphatic rings. The number of carbonyl (C=O) groups is 3. The number of Topliss-reactive ketones (excluding diaryl/α,β-unsaturated/α-hetero) is 1. The van der Waals surface area contributed by atoms with Gasteiger partial charge in [0.2, 0.25) is 0 Å². The minimum absolute atomic E-state index is 0.0552. The van der Waals surface area contributed by atoms with E-state index in [2.05, 4.69) is 5.32 Å². The maximum absolute atomic E-state index is 11.8. The normalized spacial score (nSPS) is 10.2. The van der Waals surface area contributed by atoms with Crippen LogP contribution in [0.1, 0.15) is 28.1 Å². The number of thiophene rings is 1. The number of anilines is 1. The van der Waals surface area contributed by atoms with E-state index in [0.717, 1.165) is 5.56 Å². The number of ether oxygens (including phenoxy) is 1. The zero-order valence-electron chi connectivity index (χ0n) is 13.0. The van der Waals surface area contributed by atoms with Crippen LogP contribution in [0.4, 0.5) is 5.69 Å². The number of hydrogen-bond donors (Lipinski definition) is 1. The highest BCUT2D eigenvalue weighted by Crippen LogP contribution is 2.19. The van der Waals surface area contributed by atoms with Crippen molar-refractivity contribution in [3.8, 4) is 0 Å². The van der Waals surface area contributed by atoms with Gasteiger partial charge in [0.1, 0.15) is 0 Å². The third kappa shape index (κ3) is 5.47. The number of benzene rings is 1. The monoisotopic (exact) mass is 365 g/mol. The summed E-state index contributed by atoms with van der Waals surface area (Å²) < 4.78 is 4.86. The van der Waals surface area contributed by atoms with Crippen LogP contribution in [0.25, 0.3) is 0 Å². The van der Waals surface area contributed by atoms with Gasteiger partial charge in [-0.15, -0.1) is 11.3 Å². The quantitative estimate of drug-likeness (QED) is 0.597. The average Bonchev–Trinajstić information content (AvgIpc) is 3.08. The van der Waals surface area contributed by atoms with Gasteiger partial charge in [-0.1, -0.05) is 23.7 Å². The van der Waals surface area contributed by atoms with Crippen LogP contribution in [0.2, 0.25) is 5.02 Å². The van der Waals surface area contributed by atoms with Crippen molar-refractivity contribution in [3.63, 3.8) is 0 Å². The van der Waals surface area contributed by atoms with E-state index in [-0.39, 0.29) is 18.6 Å². The molecule has 24 heavy (non-hydrogen) atoms. The van der Waals surface area contributed by atoms with Crippen molar-refractivity contribution in [2.24, 2.45) is 0 Å². The predicted octanol–water partition coefficient (Wildman–Crippen LogP) is 3.85. The van der Waals surface area contributed by atoms with E-state index in [1.54, 1.807) is 35.7 Å². The van der Waals surface area contributed by atoms with E-state index in [0.29, 0.717) is 15.6 Å². The number of carbonyl (C=O) groups excluding carboxylic acids is 3. The molecule has 0 radical (unpaired) electrons. The SMILES string of the molecule is Cc1ccc(NC(=O)COC(=O)CCC(=O)c2cccs2)cc1Cl. The zero-order valence-corrected chi connectivity index (χ0v) is 14.6. The first-order valence-electron chi connectivity index (χ1n) is 7.24. The number of amides is 1. The van der Waals surface area contributed by atoms with Crippen LogP contribution in [0.3, 0.4) is 0 Å². The second-order valence-corrected chi connectivity index (χ2v) is 6.43. The van der Waals surface area contributed by atoms with Gasteiger partial charge in [-0.25, -0.2) is 0 Å². The Morgan fingerprint density at radius 2 is 2.00 bits per heavy atom. The molecule has 0 atom stereocenters. The highest BCUT2D eigenvalue weighted by atomic mass is 35.5. The lowest BCUT2D eigenvalue weighted by atomic mass is 10.2. The van der Waals surface area contributed by atoms with E-state index in [4.69, 9.17) is 16.3 Å². The van der Waals surface area contributed by atoms with Gasteiger partial charge in [-0.05, 0) is 36.1 Å². The maximum Gasteiger partial charge on any atom is 0.306 e. The second-order valence-electron chi connectivity index (χ2n) is 5.07. The molecule has 0 aliphatic carbocycles. The number of rotatable bonds is 7. The molecule has 2 aromatic rings. The fraction of sp³-hybridized carbons (Fsp3) is 0.235. The van der Waals surface area contributed by atoms with Crippen LogP contribution in [-0.4, -0.2) is 24.3 Å². The van der Waals surface area contributed by atoms with E-state index in [1.165, 1.54) is 11.3 Å². The predicted molar refractivity (Wildman–Crippen MR) is 93.7 cm³/mol. The molecule has 0 spiro atoms. The molecule has 126 valence electrons. The molecule has 0 aliphatic heterocycles. The van der Waals surface area contributed by atoms with Crippen molar-refractivity contribution in [2.75, 3.05) is 11.9 Å². The summed E-state index contributed by atoms with van der Waals surface area (Å²) in [6.07, 6.45) is 0.00884. The molecule has 7 heteroatoms. The molecule has 0 bridgehead atoms. The van der Waals surface area contributed by atoms with Crippen LogP contribution in [0.15, 0.2) is 35.7 Å². The minimum atomic E-state index is -0.586. The van der Waals surface area contributed by atoms with Crippen molar-refractivity contribution < 1.29 is 19.1 Å². The molecule has 1 heterocycles. The number of nitrogens with one attached hydrogen (secondary N) is 1. The minimum Gasteiger partial charge on any atom is -0.456 e. The first-order chi connectivity index (χ1) is 11.5. The molecular weight excluding hydrogens is 350 g/mol. The molecule has 1 aromatic heterocycles. The summed E-state index contributed by atoms with van der Waals surface area (Å²) in [6, 6.07) is 8.59. The Morgan fingerprint density at radius 1 is 1.21 bits per heavy atom. The van der Waals surface area contributed by atoms with Crippen molar-refractivity contribution in [1.29, 1.82) is 0 Å². The Bertz CT molecular complexity index is 743. The Hall–Kier alpha value is -2.18. The van der Waals surface area contributed by atoms with E-state index in [1.807, 2.05) is 6.92 Å². The lowest BCUT2D eigenvalue weighted by Gasteiger charge is -2.07. The van der Waals surface area contributed by atoms with Crippen LogP contribution >= 0.6 is 22.9 Å². The molecule has 1 amide bonds. The molecule has 0 unspecified atom stereocenters. The fourth-order valence-electron chi connectivity index (χ4n) is 1.86.